The minimum Gasteiger partial charge on any atom is -0.389 e. The number of nitrogens with zero attached hydrogens (tertiary/aromatic N) is 1. The minimum atomic E-state index is -4.29. The number of hydrogen-bond acceptors (Lipinski definition) is 5. The molecule has 0 saturated carbocycles. The first-order valence-electron chi connectivity index (χ1n) is 6.25. The highest BCUT2D eigenvalue weighted by Crippen LogP contribution is 2.21. The molecule has 7 nitrogen and oxygen atoms in total. The Morgan fingerprint density at radius 2 is 2.10 bits per heavy atom. The molecule has 0 bridgehead atoms. The van der Waals surface area contributed by atoms with E-state index in [1.807, 2.05) is 6.92 Å². The van der Waals surface area contributed by atoms with Crippen LogP contribution in [0.5, 0.6) is 0 Å². The molecule has 2 N–H and O–H groups in total. The highest BCUT2D eigenvalue weighted by atomic mass is 32.2. The van der Waals surface area contributed by atoms with Gasteiger partial charge in [-0.1, -0.05) is 13.3 Å². The SMILES string of the molecule is CCCC(C)(O)CNS(=O)(=O)c1cc([N+](=O)[O-])ccc1F. The van der Waals surface area contributed by atoms with Crippen molar-refractivity contribution in [1.29, 1.82) is 0 Å². The fraction of sp³-hybridized carbons (Fsp3) is 0.500. The van der Waals surface area contributed by atoms with E-state index in [-0.39, 0.29) is 6.54 Å². The van der Waals surface area contributed by atoms with E-state index in [1.165, 1.54) is 6.92 Å². The van der Waals surface area contributed by atoms with Crippen LogP contribution in [0.3, 0.4) is 0 Å². The van der Waals surface area contributed by atoms with Crippen molar-refractivity contribution >= 4 is 15.7 Å². The number of aliphatic hydroxyl groups is 1. The zero-order valence-electron chi connectivity index (χ0n) is 11.7. The van der Waals surface area contributed by atoms with Gasteiger partial charge in [0.25, 0.3) is 5.69 Å². The lowest BCUT2D eigenvalue weighted by Crippen LogP contribution is -2.40. The van der Waals surface area contributed by atoms with Gasteiger partial charge >= 0.3 is 0 Å². The van der Waals surface area contributed by atoms with Crippen molar-refractivity contribution in [3.05, 3.63) is 34.1 Å². The Bertz CT molecular complexity index is 631. The lowest BCUT2D eigenvalue weighted by atomic mass is 10.0. The van der Waals surface area contributed by atoms with Gasteiger partial charge in [0.05, 0.1) is 10.5 Å². The number of nitro groups is 1. The van der Waals surface area contributed by atoms with Crippen LogP contribution in [0.1, 0.15) is 26.7 Å². The van der Waals surface area contributed by atoms with Crippen LogP contribution >= 0.6 is 0 Å². The van der Waals surface area contributed by atoms with Crippen molar-refractivity contribution in [2.75, 3.05) is 6.54 Å². The van der Waals surface area contributed by atoms with E-state index in [2.05, 4.69) is 4.72 Å². The molecule has 0 aliphatic rings. The topological polar surface area (TPSA) is 110 Å². The first kappa shape index (κ1) is 17.5. The average Bonchev–Trinajstić information content (AvgIpc) is 2.36. The molecular weight excluding hydrogens is 303 g/mol. The molecule has 1 aromatic rings. The number of sulfonamides is 1. The molecule has 9 heteroatoms. The van der Waals surface area contributed by atoms with Crippen LogP contribution in [0.15, 0.2) is 23.1 Å². The Hall–Kier alpha value is -1.58. The maximum atomic E-state index is 13.6. The van der Waals surface area contributed by atoms with E-state index in [4.69, 9.17) is 0 Å². The van der Waals surface area contributed by atoms with Gasteiger partial charge in [-0.25, -0.2) is 17.5 Å². The van der Waals surface area contributed by atoms with E-state index < -0.39 is 36.9 Å². The third-order valence-electron chi connectivity index (χ3n) is 2.85. The molecule has 1 unspecified atom stereocenters. The predicted octanol–water partition coefficient (Wildman–Crippen LogP) is 1.56. The molecule has 1 aromatic carbocycles. The lowest BCUT2D eigenvalue weighted by molar-refractivity contribution is -0.385. The van der Waals surface area contributed by atoms with Crippen molar-refractivity contribution in [2.24, 2.45) is 0 Å². The van der Waals surface area contributed by atoms with Crippen LogP contribution in [-0.2, 0) is 10.0 Å². The van der Waals surface area contributed by atoms with Gasteiger partial charge in [0, 0.05) is 18.7 Å². The van der Waals surface area contributed by atoms with Crippen LogP contribution in [0.2, 0.25) is 0 Å². The van der Waals surface area contributed by atoms with Crippen molar-refractivity contribution in [3.8, 4) is 0 Å². The van der Waals surface area contributed by atoms with Gasteiger partial charge in [-0.3, -0.25) is 10.1 Å². The van der Waals surface area contributed by atoms with Crippen LogP contribution in [0, 0.1) is 15.9 Å². The van der Waals surface area contributed by atoms with Crippen molar-refractivity contribution < 1.29 is 22.8 Å². The molecule has 0 aliphatic heterocycles. The Labute approximate surface area is 122 Å². The number of halogens is 1. The molecule has 1 atom stereocenters. The fourth-order valence-corrected chi connectivity index (χ4v) is 3.02. The van der Waals surface area contributed by atoms with Crippen LogP contribution in [0.4, 0.5) is 10.1 Å². The molecule has 21 heavy (non-hydrogen) atoms. The van der Waals surface area contributed by atoms with Crippen molar-refractivity contribution in [2.45, 2.75) is 37.2 Å². The van der Waals surface area contributed by atoms with E-state index in [1.54, 1.807) is 0 Å². The summed E-state index contributed by atoms with van der Waals surface area (Å²) in [5.74, 6) is -1.09. The number of nitro benzene ring substituents is 1. The summed E-state index contributed by atoms with van der Waals surface area (Å²) in [6, 6.07) is 2.24. The largest absolute Gasteiger partial charge is 0.389 e. The Kier molecular flexibility index (Phi) is 5.37. The molecule has 0 saturated heterocycles. The summed E-state index contributed by atoms with van der Waals surface area (Å²) in [5, 5.41) is 20.5. The molecule has 0 aromatic heterocycles. The van der Waals surface area contributed by atoms with Gasteiger partial charge in [-0.05, 0) is 19.4 Å². The highest BCUT2D eigenvalue weighted by Gasteiger charge is 2.26. The lowest BCUT2D eigenvalue weighted by Gasteiger charge is -2.22. The maximum Gasteiger partial charge on any atom is 0.270 e. The molecule has 1 rings (SSSR count). The van der Waals surface area contributed by atoms with E-state index >= 15 is 0 Å². The Morgan fingerprint density at radius 3 is 2.62 bits per heavy atom. The standard InChI is InChI=1S/C12H17FN2O5S/c1-3-6-12(2,16)8-14-21(19,20)11-7-9(15(17)18)4-5-10(11)13/h4-5,7,14,16H,3,6,8H2,1-2H3. The molecule has 0 spiro atoms. The monoisotopic (exact) mass is 320 g/mol. The summed E-state index contributed by atoms with van der Waals surface area (Å²) in [7, 11) is -4.29. The smallest absolute Gasteiger partial charge is 0.270 e. The third kappa shape index (κ3) is 4.73. The summed E-state index contributed by atoms with van der Waals surface area (Å²) in [6.07, 6.45) is 0.993. The van der Waals surface area contributed by atoms with Gasteiger partial charge in [0.2, 0.25) is 10.0 Å². The number of rotatable bonds is 7. The van der Waals surface area contributed by atoms with Gasteiger partial charge in [0.15, 0.2) is 0 Å². The second-order valence-corrected chi connectivity index (χ2v) is 6.68. The number of benzene rings is 1. The number of non-ortho nitro benzene ring substituents is 1. The van der Waals surface area contributed by atoms with E-state index in [9.17, 15) is 28.0 Å². The van der Waals surface area contributed by atoms with Crippen LogP contribution < -0.4 is 4.72 Å². The van der Waals surface area contributed by atoms with E-state index in [0.29, 0.717) is 18.9 Å². The highest BCUT2D eigenvalue weighted by molar-refractivity contribution is 7.89. The normalized spacial score (nSPS) is 14.7. The zero-order valence-corrected chi connectivity index (χ0v) is 12.5. The molecule has 0 radical (unpaired) electrons. The summed E-state index contributed by atoms with van der Waals surface area (Å²) in [6.45, 7) is 2.96. The molecule has 0 aliphatic carbocycles. The average molecular weight is 320 g/mol. The summed E-state index contributed by atoms with van der Waals surface area (Å²) < 4.78 is 39.6. The summed E-state index contributed by atoms with van der Waals surface area (Å²) in [5.41, 5.74) is -1.81. The first-order chi connectivity index (χ1) is 9.59. The second-order valence-electron chi connectivity index (χ2n) is 4.94. The molecule has 0 heterocycles. The quantitative estimate of drug-likeness (QED) is 0.585. The first-order valence-corrected chi connectivity index (χ1v) is 7.73. The van der Waals surface area contributed by atoms with Gasteiger partial charge in [-0.2, -0.15) is 0 Å². The van der Waals surface area contributed by atoms with Crippen LogP contribution in [0.25, 0.3) is 0 Å². The van der Waals surface area contributed by atoms with Crippen LogP contribution in [-0.4, -0.2) is 30.6 Å². The minimum absolute atomic E-state index is 0.314. The van der Waals surface area contributed by atoms with Gasteiger partial charge in [0.1, 0.15) is 10.7 Å². The maximum absolute atomic E-state index is 13.6. The summed E-state index contributed by atoms with van der Waals surface area (Å²) in [4.78, 5) is 8.99. The third-order valence-corrected chi connectivity index (χ3v) is 4.26. The van der Waals surface area contributed by atoms with Gasteiger partial charge < -0.3 is 5.11 Å². The Morgan fingerprint density at radius 1 is 1.48 bits per heavy atom. The summed E-state index contributed by atoms with van der Waals surface area (Å²) >= 11 is 0. The Balaban J connectivity index is 3.03. The zero-order chi connectivity index (χ0) is 16.3. The molecule has 118 valence electrons. The second kappa shape index (κ2) is 6.46. The van der Waals surface area contributed by atoms with Gasteiger partial charge in [-0.15, -0.1) is 0 Å². The van der Waals surface area contributed by atoms with Crippen molar-refractivity contribution in [3.63, 3.8) is 0 Å². The molecule has 0 amide bonds. The molecule has 0 fully saturated rings. The number of hydrogen-bond donors (Lipinski definition) is 2. The van der Waals surface area contributed by atoms with Crippen molar-refractivity contribution in [1.82, 2.24) is 4.72 Å². The fourth-order valence-electron chi connectivity index (χ4n) is 1.77. The molecular formula is C12H17FN2O5S. The number of nitrogens with one attached hydrogen (secondary N) is 1. The predicted molar refractivity (Wildman–Crippen MR) is 73.8 cm³/mol. The van der Waals surface area contributed by atoms with E-state index in [0.717, 1.165) is 12.1 Å².